The highest BCUT2D eigenvalue weighted by Crippen LogP contribution is 2.15. The van der Waals surface area contributed by atoms with Gasteiger partial charge >= 0.3 is 0 Å². The minimum Gasteiger partial charge on any atom is -0.363 e. The number of imidazole rings is 1. The van der Waals surface area contributed by atoms with Gasteiger partial charge in [-0.15, -0.1) is 0 Å². The molecule has 0 aliphatic rings. The quantitative estimate of drug-likeness (QED) is 0.609. The largest absolute Gasteiger partial charge is 0.363 e. The third-order valence-electron chi connectivity index (χ3n) is 3.35. The van der Waals surface area contributed by atoms with E-state index in [-0.39, 0.29) is 6.04 Å². The summed E-state index contributed by atoms with van der Waals surface area (Å²) in [7, 11) is 0. The molecule has 4 nitrogen and oxygen atoms in total. The lowest BCUT2D eigenvalue weighted by Crippen LogP contribution is -2.38. The van der Waals surface area contributed by atoms with Crippen molar-refractivity contribution in [3.8, 4) is 0 Å². The van der Waals surface area contributed by atoms with Crippen LogP contribution in [0.15, 0.2) is 49.1 Å². The molecule has 0 saturated carbocycles. The fraction of sp³-hybridized carbons (Fsp3) is 0.375. The highest BCUT2D eigenvalue weighted by molar-refractivity contribution is 7.80. The molecule has 0 aliphatic heterocycles. The van der Waals surface area contributed by atoms with Gasteiger partial charge in [-0.25, -0.2) is 4.98 Å². The summed E-state index contributed by atoms with van der Waals surface area (Å²) in [6.07, 6.45) is 7.62. The highest BCUT2D eigenvalue weighted by Gasteiger charge is 2.09. The van der Waals surface area contributed by atoms with Crippen LogP contribution in [0, 0.1) is 0 Å². The first-order valence-corrected chi connectivity index (χ1v) is 7.75. The SMILES string of the molecule is CCC(NC(=S)NCCCn1ccnc1)c1ccccc1. The van der Waals surface area contributed by atoms with Crippen LogP contribution < -0.4 is 10.6 Å². The van der Waals surface area contributed by atoms with E-state index in [1.165, 1.54) is 5.56 Å². The van der Waals surface area contributed by atoms with E-state index in [2.05, 4.69) is 51.4 Å². The molecule has 21 heavy (non-hydrogen) atoms. The predicted octanol–water partition coefficient (Wildman–Crippen LogP) is 2.89. The Bertz CT molecular complexity index is 524. The Balaban J connectivity index is 1.70. The van der Waals surface area contributed by atoms with E-state index in [1.807, 2.05) is 18.6 Å². The van der Waals surface area contributed by atoms with Gasteiger partial charge in [0.1, 0.15) is 0 Å². The Morgan fingerprint density at radius 3 is 2.81 bits per heavy atom. The zero-order valence-corrected chi connectivity index (χ0v) is 13.1. The molecule has 0 aliphatic carbocycles. The lowest BCUT2D eigenvalue weighted by molar-refractivity contribution is 0.598. The number of aryl methyl sites for hydroxylation is 1. The summed E-state index contributed by atoms with van der Waals surface area (Å²) in [4.78, 5) is 4.02. The Kier molecular flexibility index (Phi) is 6.22. The minimum absolute atomic E-state index is 0.264. The number of aromatic nitrogens is 2. The lowest BCUT2D eigenvalue weighted by atomic mass is 10.1. The van der Waals surface area contributed by atoms with Crippen LogP contribution in [0.25, 0.3) is 0 Å². The van der Waals surface area contributed by atoms with Gasteiger partial charge < -0.3 is 15.2 Å². The van der Waals surface area contributed by atoms with Gasteiger partial charge in [0.25, 0.3) is 0 Å². The second-order valence-electron chi connectivity index (χ2n) is 4.93. The van der Waals surface area contributed by atoms with Crippen LogP contribution in [0.1, 0.15) is 31.4 Å². The van der Waals surface area contributed by atoms with Crippen LogP contribution in [0.3, 0.4) is 0 Å². The van der Waals surface area contributed by atoms with Crippen LogP contribution in [0.4, 0.5) is 0 Å². The van der Waals surface area contributed by atoms with Crippen LogP contribution in [0.5, 0.6) is 0 Å². The van der Waals surface area contributed by atoms with Crippen LogP contribution in [-0.2, 0) is 6.54 Å². The van der Waals surface area contributed by atoms with Crippen molar-refractivity contribution in [1.82, 2.24) is 20.2 Å². The zero-order chi connectivity index (χ0) is 14.9. The molecule has 1 atom stereocenters. The number of hydrogen-bond donors (Lipinski definition) is 2. The molecule has 2 rings (SSSR count). The van der Waals surface area contributed by atoms with Crippen molar-refractivity contribution in [3.05, 3.63) is 54.6 Å². The zero-order valence-electron chi connectivity index (χ0n) is 12.3. The van der Waals surface area contributed by atoms with Crippen molar-refractivity contribution in [2.75, 3.05) is 6.54 Å². The molecule has 1 aromatic carbocycles. The molecule has 5 heteroatoms. The Morgan fingerprint density at radius 2 is 2.14 bits per heavy atom. The summed E-state index contributed by atoms with van der Waals surface area (Å²) >= 11 is 5.37. The number of nitrogens with one attached hydrogen (secondary N) is 2. The molecule has 0 saturated heterocycles. The Labute approximate surface area is 131 Å². The molecule has 1 aromatic heterocycles. The van der Waals surface area contributed by atoms with Gasteiger partial charge in [-0.2, -0.15) is 0 Å². The standard InChI is InChI=1S/C16H22N4S/c1-2-15(14-7-4-3-5-8-14)19-16(21)18-9-6-11-20-12-10-17-13-20/h3-5,7-8,10,12-13,15H,2,6,9,11H2,1H3,(H2,18,19,21). The van der Waals surface area contributed by atoms with E-state index in [0.717, 1.165) is 31.0 Å². The number of hydrogen-bond acceptors (Lipinski definition) is 2. The van der Waals surface area contributed by atoms with E-state index < -0.39 is 0 Å². The predicted molar refractivity (Wildman–Crippen MR) is 90.1 cm³/mol. The van der Waals surface area contributed by atoms with Crippen molar-refractivity contribution >= 4 is 17.3 Å². The second kappa shape index (κ2) is 8.42. The van der Waals surface area contributed by atoms with Gasteiger partial charge in [-0.3, -0.25) is 0 Å². The van der Waals surface area contributed by atoms with Gasteiger partial charge in [0.15, 0.2) is 5.11 Å². The first-order chi connectivity index (χ1) is 10.3. The van der Waals surface area contributed by atoms with Crippen molar-refractivity contribution in [2.45, 2.75) is 32.4 Å². The lowest BCUT2D eigenvalue weighted by Gasteiger charge is -2.20. The van der Waals surface area contributed by atoms with Crippen LogP contribution in [0.2, 0.25) is 0 Å². The summed E-state index contributed by atoms with van der Waals surface area (Å²) in [5.41, 5.74) is 1.27. The van der Waals surface area contributed by atoms with E-state index in [0.29, 0.717) is 0 Å². The molecule has 1 unspecified atom stereocenters. The molecular weight excluding hydrogens is 280 g/mol. The van der Waals surface area contributed by atoms with Gasteiger partial charge in [0.2, 0.25) is 0 Å². The molecule has 0 amide bonds. The molecule has 2 aromatic rings. The molecule has 0 radical (unpaired) electrons. The maximum absolute atomic E-state index is 5.37. The van der Waals surface area contributed by atoms with E-state index in [4.69, 9.17) is 12.2 Å². The fourth-order valence-electron chi connectivity index (χ4n) is 2.20. The molecule has 0 bridgehead atoms. The minimum atomic E-state index is 0.264. The fourth-order valence-corrected chi connectivity index (χ4v) is 2.44. The summed E-state index contributed by atoms with van der Waals surface area (Å²) < 4.78 is 2.07. The van der Waals surface area contributed by atoms with E-state index in [1.54, 1.807) is 6.20 Å². The number of nitrogens with zero attached hydrogens (tertiary/aromatic N) is 2. The maximum Gasteiger partial charge on any atom is 0.166 e. The van der Waals surface area contributed by atoms with Gasteiger partial charge in [-0.05, 0) is 30.6 Å². The average molecular weight is 302 g/mol. The monoisotopic (exact) mass is 302 g/mol. The Morgan fingerprint density at radius 1 is 1.33 bits per heavy atom. The smallest absolute Gasteiger partial charge is 0.166 e. The van der Waals surface area contributed by atoms with Gasteiger partial charge in [-0.1, -0.05) is 37.3 Å². The number of rotatable bonds is 7. The van der Waals surface area contributed by atoms with Crippen molar-refractivity contribution in [2.24, 2.45) is 0 Å². The first-order valence-electron chi connectivity index (χ1n) is 7.34. The normalized spacial score (nSPS) is 11.9. The average Bonchev–Trinajstić information content (AvgIpc) is 3.03. The van der Waals surface area contributed by atoms with Crippen molar-refractivity contribution in [1.29, 1.82) is 0 Å². The summed E-state index contributed by atoms with van der Waals surface area (Å²) in [6.45, 7) is 3.97. The summed E-state index contributed by atoms with van der Waals surface area (Å²) in [6, 6.07) is 10.7. The third kappa shape index (κ3) is 5.19. The Hall–Kier alpha value is -1.88. The summed E-state index contributed by atoms with van der Waals surface area (Å²) in [5.74, 6) is 0. The van der Waals surface area contributed by atoms with Crippen LogP contribution in [-0.4, -0.2) is 21.2 Å². The third-order valence-corrected chi connectivity index (χ3v) is 3.62. The molecule has 0 spiro atoms. The molecule has 112 valence electrons. The molecule has 1 heterocycles. The van der Waals surface area contributed by atoms with Crippen molar-refractivity contribution in [3.63, 3.8) is 0 Å². The molecule has 2 N–H and O–H groups in total. The molecular formula is C16H22N4S. The van der Waals surface area contributed by atoms with E-state index >= 15 is 0 Å². The number of benzene rings is 1. The highest BCUT2D eigenvalue weighted by atomic mass is 32.1. The molecule has 0 fully saturated rings. The summed E-state index contributed by atoms with van der Waals surface area (Å²) in [5, 5.41) is 7.36. The van der Waals surface area contributed by atoms with Gasteiger partial charge in [0, 0.05) is 25.5 Å². The van der Waals surface area contributed by atoms with E-state index in [9.17, 15) is 0 Å². The van der Waals surface area contributed by atoms with Gasteiger partial charge in [0.05, 0.1) is 12.4 Å². The topological polar surface area (TPSA) is 41.9 Å². The van der Waals surface area contributed by atoms with Crippen molar-refractivity contribution < 1.29 is 0 Å². The number of thiocarbonyl (C=S) groups is 1. The van der Waals surface area contributed by atoms with Crippen LogP contribution >= 0.6 is 12.2 Å². The second-order valence-corrected chi connectivity index (χ2v) is 5.33. The maximum atomic E-state index is 5.37. The first kappa shape index (κ1) is 15.5.